The predicted molar refractivity (Wildman–Crippen MR) is 124 cm³/mol. The molecule has 1 fully saturated rings. The van der Waals surface area contributed by atoms with Gasteiger partial charge in [-0.25, -0.2) is 13.1 Å². The maximum absolute atomic E-state index is 12.9. The number of hydrogen-bond donors (Lipinski definition) is 2. The van der Waals surface area contributed by atoms with E-state index in [2.05, 4.69) is 10.0 Å². The SMILES string of the molecule is CN(Cc1ccco1)C(=O)C1CCC(CNS(=O)(=O)c2ccc3c(c2)CCCC(=O)N3)CC1. The van der Waals surface area contributed by atoms with Crippen LogP contribution >= 0.6 is 0 Å². The third kappa shape index (κ3) is 5.83. The topological polar surface area (TPSA) is 109 Å². The Kier molecular flexibility index (Phi) is 7.19. The van der Waals surface area contributed by atoms with Crippen molar-refractivity contribution in [3.8, 4) is 0 Å². The molecule has 1 aliphatic carbocycles. The summed E-state index contributed by atoms with van der Waals surface area (Å²) in [5.41, 5.74) is 1.54. The van der Waals surface area contributed by atoms with Crippen molar-refractivity contribution in [1.82, 2.24) is 9.62 Å². The summed E-state index contributed by atoms with van der Waals surface area (Å²) in [6, 6.07) is 8.53. The fraction of sp³-hybridized carbons (Fsp3) is 0.500. The molecule has 4 rings (SSSR count). The molecule has 0 unspecified atom stereocenters. The molecular formula is C24H31N3O5S. The van der Waals surface area contributed by atoms with Crippen LogP contribution < -0.4 is 10.0 Å². The van der Waals surface area contributed by atoms with Gasteiger partial charge < -0.3 is 14.6 Å². The summed E-state index contributed by atoms with van der Waals surface area (Å²) in [6.45, 7) is 0.815. The zero-order chi connectivity index (χ0) is 23.4. The highest BCUT2D eigenvalue weighted by molar-refractivity contribution is 7.89. The predicted octanol–water partition coefficient (Wildman–Crippen LogP) is 3.30. The molecule has 0 radical (unpaired) electrons. The van der Waals surface area contributed by atoms with E-state index < -0.39 is 10.0 Å². The lowest BCUT2D eigenvalue weighted by Gasteiger charge is -2.30. The first kappa shape index (κ1) is 23.5. The fourth-order valence-corrected chi connectivity index (χ4v) is 5.83. The number of furan rings is 1. The number of amides is 2. The van der Waals surface area contributed by atoms with Gasteiger partial charge in [-0.05, 0) is 80.3 Å². The van der Waals surface area contributed by atoms with Gasteiger partial charge in [-0.15, -0.1) is 0 Å². The number of carbonyl (C=O) groups excluding carboxylic acids is 2. The van der Waals surface area contributed by atoms with Gasteiger partial charge in [-0.3, -0.25) is 9.59 Å². The Labute approximate surface area is 194 Å². The van der Waals surface area contributed by atoms with Gasteiger partial charge in [0.1, 0.15) is 5.76 Å². The monoisotopic (exact) mass is 473 g/mol. The van der Waals surface area contributed by atoms with Crippen LogP contribution in [0.5, 0.6) is 0 Å². The molecule has 8 nitrogen and oxygen atoms in total. The molecular weight excluding hydrogens is 442 g/mol. The Morgan fingerprint density at radius 3 is 2.70 bits per heavy atom. The summed E-state index contributed by atoms with van der Waals surface area (Å²) in [5.74, 6) is 1.01. The molecule has 1 aromatic heterocycles. The van der Waals surface area contributed by atoms with Crippen LogP contribution in [0.25, 0.3) is 0 Å². The summed E-state index contributed by atoms with van der Waals surface area (Å²) in [7, 11) is -1.85. The first-order chi connectivity index (χ1) is 15.8. The van der Waals surface area contributed by atoms with E-state index >= 15 is 0 Å². The van der Waals surface area contributed by atoms with Gasteiger partial charge in [0.15, 0.2) is 0 Å². The zero-order valence-electron chi connectivity index (χ0n) is 18.9. The number of nitrogens with one attached hydrogen (secondary N) is 2. The molecule has 2 heterocycles. The molecule has 2 aliphatic rings. The van der Waals surface area contributed by atoms with Crippen LogP contribution in [0.15, 0.2) is 45.9 Å². The quantitative estimate of drug-likeness (QED) is 0.641. The molecule has 9 heteroatoms. The Morgan fingerprint density at radius 1 is 1.18 bits per heavy atom. The van der Waals surface area contributed by atoms with Crippen LogP contribution in [-0.2, 0) is 32.6 Å². The van der Waals surface area contributed by atoms with Crippen LogP contribution in [0.2, 0.25) is 0 Å². The number of nitrogens with zero attached hydrogens (tertiary/aromatic N) is 1. The fourth-order valence-electron chi connectivity index (χ4n) is 4.67. The van der Waals surface area contributed by atoms with E-state index in [-0.39, 0.29) is 28.5 Å². The summed E-state index contributed by atoms with van der Waals surface area (Å²) < 4.78 is 33.8. The Morgan fingerprint density at radius 2 is 1.97 bits per heavy atom. The van der Waals surface area contributed by atoms with E-state index in [0.29, 0.717) is 38.0 Å². The molecule has 2 aromatic rings. The van der Waals surface area contributed by atoms with Gasteiger partial charge in [0.05, 0.1) is 17.7 Å². The highest BCUT2D eigenvalue weighted by Gasteiger charge is 2.29. The first-order valence-electron chi connectivity index (χ1n) is 11.5. The van der Waals surface area contributed by atoms with Gasteiger partial charge in [0.2, 0.25) is 21.8 Å². The minimum atomic E-state index is -3.64. The summed E-state index contributed by atoms with van der Waals surface area (Å²) in [4.78, 5) is 26.4. The minimum Gasteiger partial charge on any atom is -0.467 e. The molecule has 0 bridgehead atoms. The number of benzene rings is 1. The Bertz CT molecular complexity index is 1090. The largest absolute Gasteiger partial charge is 0.467 e. The van der Waals surface area contributed by atoms with Gasteiger partial charge in [-0.2, -0.15) is 0 Å². The summed E-state index contributed by atoms with van der Waals surface area (Å²) >= 11 is 0. The van der Waals surface area contributed by atoms with Crippen molar-refractivity contribution in [2.45, 2.75) is 56.4 Å². The van der Waals surface area contributed by atoms with Crippen LogP contribution in [0.4, 0.5) is 5.69 Å². The van der Waals surface area contributed by atoms with Gasteiger partial charge >= 0.3 is 0 Å². The highest BCUT2D eigenvalue weighted by Crippen LogP contribution is 2.30. The lowest BCUT2D eigenvalue weighted by atomic mass is 9.81. The first-order valence-corrected chi connectivity index (χ1v) is 13.0. The minimum absolute atomic E-state index is 0.0300. The molecule has 178 valence electrons. The van der Waals surface area contributed by atoms with Crippen molar-refractivity contribution in [2.75, 3.05) is 18.9 Å². The second kappa shape index (κ2) is 10.1. The standard InChI is InChI=1S/C24H31N3O5S/c1-27(16-20-5-3-13-32-20)24(29)18-9-7-17(8-10-18)15-25-33(30,31)21-11-12-22-19(14-21)4-2-6-23(28)26-22/h3,5,11-14,17-18,25H,2,4,6-10,15-16H2,1H3,(H,26,28). The molecule has 0 saturated heterocycles. The molecule has 0 atom stereocenters. The highest BCUT2D eigenvalue weighted by atomic mass is 32.2. The van der Waals surface area contributed by atoms with Crippen molar-refractivity contribution in [3.05, 3.63) is 47.9 Å². The Balaban J connectivity index is 1.28. The average Bonchev–Trinajstić information content (AvgIpc) is 3.24. The third-order valence-corrected chi connectivity index (χ3v) is 8.04. The lowest BCUT2D eigenvalue weighted by Crippen LogP contribution is -2.36. The normalized spacial score (nSPS) is 21.1. The van der Waals surface area contributed by atoms with Crippen molar-refractivity contribution in [3.63, 3.8) is 0 Å². The van der Waals surface area contributed by atoms with Crippen LogP contribution in [0.1, 0.15) is 49.8 Å². The number of hydrogen-bond acceptors (Lipinski definition) is 5. The molecule has 0 spiro atoms. The number of rotatable bonds is 7. The van der Waals surface area contributed by atoms with Gasteiger partial charge in [0, 0.05) is 31.6 Å². The summed E-state index contributed by atoms with van der Waals surface area (Å²) in [5, 5.41) is 2.83. The molecule has 1 saturated carbocycles. The van der Waals surface area contributed by atoms with Crippen molar-refractivity contribution < 1.29 is 22.4 Å². The third-order valence-electron chi connectivity index (χ3n) is 6.62. The lowest BCUT2D eigenvalue weighted by molar-refractivity contribution is -0.136. The second-order valence-corrected chi connectivity index (χ2v) is 10.8. The molecule has 2 N–H and O–H groups in total. The van der Waals surface area contributed by atoms with Gasteiger partial charge in [-0.1, -0.05) is 0 Å². The molecule has 33 heavy (non-hydrogen) atoms. The number of aryl methyl sites for hydroxylation is 1. The number of sulfonamides is 1. The van der Waals surface area contributed by atoms with Crippen molar-refractivity contribution in [1.29, 1.82) is 0 Å². The second-order valence-electron chi connectivity index (χ2n) is 9.06. The van der Waals surface area contributed by atoms with Crippen LogP contribution in [0.3, 0.4) is 0 Å². The van der Waals surface area contributed by atoms with E-state index in [1.165, 1.54) is 6.07 Å². The van der Waals surface area contributed by atoms with E-state index in [4.69, 9.17) is 4.42 Å². The Hall–Kier alpha value is -2.65. The summed E-state index contributed by atoms with van der Waals surface area (Å²) in [6.07, 6.45) is 6.55. The maximum Gasteiger partial charge on any atom is 0.240 e. The molecule has 2 amide bonds. The number of fused-ring (bicyclic) bond motifs is 1. The van der Waals surface area contributed by atoms with Gasteiger partial charge in [0.25, 0.3) is 0 Å². The zero-order valence-corrected chi connectivity index (χ0v) is 19.7. The van der Waals surface area contributed by atoms with Crippen LogP contribution in [0, 0.1) is 11.8 Å². The molecule has 1 aliphatic heterocycles. The van der Waals surface area contributed by atoms with Crippen LogP contribution in [-0.4, -0.2) is 38.7 Å². The molecule has 1 aromatic carbocycles. The van der Waals surface area contributed by atoms with E-state index in [9.17, 15) is 18.0 Å². The maximum atomic E-state index is 12.9. The van der Waals surface area contributed by atoms with Crippen molar-refractivity contribution in [2.24, 2.45) is 11.8 Å². The number of anilines is 1. The number of carbonyl (C=O) groups is 2. The van der Waals surface area contributed by atoms with E-state index in [0.717, 1.165) is 37.0 Å². The van der Waals surface area contributed by atoms with E-state index in [1.54, 1.807) is 30.3 Å². The van der Waals surface area contributed by atoms with E-state index in [1.807, 2.05) is 12.1 Å². The van der Waals surface area contributed by atoms with Crippen molar-refractivity contribution >= 4 is 27.5 Å². The smallest absolute Gasteiger partial charge is 0.240 e. The average molecular weight is 474 g/mol.